The van der Waals surface area contributed by atoms with Gasteiger partial charge in [0.25, 0.3) is 0 Å². The molecule has 0 amide bonds. The number of rotatable bonds is 5. The third-order valence-electron chi connectivity index (χ3n) is 1.30. The Hall–Kier alpha value is -0.550. The predicted molar refractivity (Wildman–Crippen MR) is 40.6 cm³/mol. The van der Waals surface area contributed by atoms with Gasteiger partial charge in [-0.05, 0) is 13.3 Å². The van der Waals surface area contributed by atoms with Gasteiger partial charge >= 0.3 is 0 Å². The van der Waals surface area contributed by atoms with Gasteiger partial charge in [0, 0.05) is 6.61 Å². The number of nitrogens with zero attached hydrogens (tertiary/aromatic N) is 1. The molecule has 1 unspecified atom stereocenters. The summed E-state index contributed by atoms with van der Waals surface area (Å²) in [5.41, 5.74) is 0. The van der Waals surface area contributed by atoms with E-state index in [0.29, 0.717) is 0 Å². The zero-order valence-electron chi connectivity index (χ0n) is 6.76. The van der Waals surface area contributed by atoms with Crippen LogP contribution in [0, 0.1) is 11.3 Å². The van der Waals surface area contributed by atoms with E-state index in [1.54, 1.807) is 6.92 Å². The normalized spacial score (nSPS) is 12.5. The molecule has 0 aromatic heterocycles. The van der Waals surface area contributed by atoms with Crippen molar-refractivity contribution in [1.29, 1.82) is 5.26 Å². The molecule has 0 fully saturated rings. The second-order valence-corrected chi connectivity index (χ2v) is 2.35. The highest BCUT2D eigenvalue weighted by Gasteiger charge is 1.96. The molecule has 2 nitrogen and oxygen atoms in total. The van der Waals surface area contributed by atoms with Crippen LogP contribution in [0.2, 0.25) is 0 Å². The molecule has 0 aromatic carbocycles. The van der Waals surface area contributed by atoms with Crippen molar-refractivity contribution in [3.8, 4) is 6.07 Å². The molecule has 0 aliphatic heterocycles. The maximum Gasteiger partial charge on any atom is 0.141 e. The van der Waals surface area contributed by atoms with Crippen molar-refractivity contribution in [3.05, 3.63) is 0 Å². The second kappa shape index (κ2) is 6.57. The largest absolute Gasteiger partial charge is 0.364 e. The minimum absolute atomic E-state index is 0.239. The molecule has 58 valence electrons. The minimum Gasteiger partial charge on any atom is -0.364 e. The quantitative estimate of drug-likeness (QED) is 0.549. The molecule has 0 spiro atoms. The van der Waals surface area contributed by atoms with Gasteiger partial charge < -0.3 is 4.74 Å². The summed E-state index contributed by atoms with van der Waals surface area (Å²) in [5, 5.41) is 8.32. The van der Waals surface area contributed by atoms with Gasteiger partial charge in [-0.25, -0.2) is 0 Å². The van der Waals surface area contributed by atoms with Gasteiger partial charge in [0.2, 0.25) is 0 Å². The van der Waals surface area contributed by atoms with Crippen LogP contribution in [0.1, 0.15) is 33.1 Å². The van der Waals surface area contributed by atoms with E-state index in [4.69, 9.17) is 10.00 Å². The Balaban J connectivity index is 2.98. The first kappa shape index (κ1) is 9.45. The Bertz CT molecular complexity index is 106. The van der Waals surface area contributed by atoms with E-state index >= 15 is 0 Å². The van der Waals surface area contributed by atoms with Gasteiger partial charge in [0.15, 0.2) is 0 Å². The highest BCUT2D eigenvalue weighted by atomic mass is 16.5. The lowest BCUT2D eigenvalue weighted by Crippen LogP contribution is -2.05. The van der Waals surface area contributed by atoms with Crippen molar-refractivity contribution in [2.45, 2.75) is 39.2 Å². The molecule has 0 aliphatic rings. The topological polar surface area (TPSA) is 33.0 Å². The van der Waals surface area contributed by atoms with E-state index in [1.807, 2.05) is 6.07 Å². The van der Waals surface area contributed by atoms with Crippen LogP contribution in [0.5, 0.6) is 0 Å². The average Bonchev–Trinajstić information content (AvgIpc) is 1.98. The van der Waals surface area contributed by atoms with Crippen molar-refractivity contribution < 1.29 is 4.74 Å². The first-order valence-electron chi connectivity index (χ1n) is 3.82. The Labute approximate surface area is 62.8 Å². The lowest BCUT2D eigenvalue weighted by atomic mass is 10.3. The van der Waals surface area contributed by atoms with Crippen LogP contribution in [0.3, 0.4) is 0 Å². The Morgan fingerprint density at radius 3 is 2.70 bits per heavy atom. The fourth-order valence-electron chi connectivity index (χ4n) is 0.649. The summed E-state index contributed by atoms with van der Waals surface area (Å²) in [6.07, 6.45) is 3.22. The smallest absolute Gasteiger partial charge is 0.141 e. The van der Waals surface area contributed by atoms with Crippen LogP contribution in [0.25, 0.3) is 0 Å². The van der Waals surface area contributed by atoms with Crippen LogP contribution in [-0.2, 0) is 4.74 Å². The van der Waals surface area contributed by atoms with Crippen molar-refractivity contribution in [3.63, 3.8) is 0 Å². The van der Waals surface area contributed by atoms with Crippen molar-refractivity contribution in [2.24, 2.45) is 0 Å². The summed E-state index contributed by atoms with van der Waals surface area (Å²) in [6.45, 7) is 4.64. The average molecular weight is 141 g/mol. The summed E-state index contributed by atoms with van der Waals surface area (Å²) < 4.78 is 5.13. The molecule has 2 heteroatoms. The molecular weight excluding hydrogens is 126 g/mol. The Morgan fingerprint density at radius 2 is 2.20 bits per heavy atom. The number of nitriles is 1. The second-order valence-electron chi connectivity index (χ2n) is 2.35. The maximum atomic E-state index is 8.32. The molecule has 0 aromatic rings. The summed E-state index contributed by atoms with van der Waals surface area (Å²) in [5.74, 6) is 0. The molecule has 0 heterocycles. The highest BCUT2D eigenvalue weighted by molar-refractivity contribution is 4.78. The predicted octanol–water partition coefficient (Wildman–Crippen LogP) is 2.11. The summed E-state index contributed by atoms with van der Waals surface area (Å²) in [7, 11) is 0. The number of hydrogen-bond acceptors (Lipinski definition) is 2. The zero-order valence-corrected chi connectivity index (χ0v) is 6.76. The molecule has 10 heavy (non-hydrogen) atoms. The molecule has 0 saturated carbocycles. The lowest BCUT2D eigenvalue weighted by molar-refractivity contribution is 0.0988. The molecule has 0 radical (unpaired) electrons. The zero-order chi connectivity index (χ0) is 7.82. The van der Waals surface area contributed by atoms with Crippen LogP contribution in [-0.4, -0.2) is 12.7 Å². The van der Waals surface area contributed by atoms with Crippen LogP contribution in [0.4, 0.5) is 0 Å². The van der Waals surface area contributed by atoms with E-state index < -0.39 is 0 Å². The van der Waals surface area contributed by atoms with E-state index in [9.17, 15) is 0 Å². The number of hydrogen-bond donors (Lipinski definition) is 0. The SMILES string of the molecule is CCCCCOC(C)C#N. The van der Waals surface area contributed by atoms with E-state index in [2.05, 4.69) is 6.92 Å². The Kier molecular flexibility index (Phi) is 6.21. The molecule has 0 bridgehead atoms. The number of ether oxygens (including phenoxy) is 1. The molecular formula is C8H15NO. The van der Waals surface area contributed by atoms with E-state index in [1.165, 1.54) is 12.8 Å². The first-order valence-corrected chi connectivity index (χ1v) is 3.82. The molecule has 0 rings (SSSR count). The van der Waals surface area contributed by atoms with Crippen LogP contribution in [0.15, 0.2) is 0 Å². The van der Waals surface area contributed by atoms with E-state index in [0.717, 1.165) is 13.0 Å². The van der Waals surface area contributed by atoms with E-state index in [-0.39, 0.29) is 6.10 Å². The monoisotopic (exact) mass is 141 g/mol. The number of unbranched alkanes of at least 4 members (excludes halogenated alkanes) is 2. The van der Waals surface area contributed by atoms with Crippen LogP contribution >= 0.6 is 0 Å². The van der Waals surface area contributed by atoms with Gasteiger partial charge in [-0.1, -0.05) is 19.8 Å². The summed E-state index contributed by atoms with van der Waals surface area (Å²) >= 11 is 0. The van der Waals surface area contributed by atoms with Gasteiger partial charge in [0.1, 0.15) is 6.10 Å². The van der Waals surface area contributed by atoms with Crippen molar-refractivity contribution >= 4 is 0 Å². The van der Waals surface area contributed by atoms with Gasteiger partial charge in [-0.15, -0.1) is 0 Å². The standard InChI is InChI=1S/C8H15NO/c1-3-4-5-6-10-8(2)7-9/h8H,3-6H2,1-2H3. The van der Waals surface area contributed by atoms with Crippen LogP contribution < -0.4 is 0 Å². The molecule has 1 atom stereocenters. The summed E-state index contributed by atoms with van der Waals surface area (Å²) in [6, 6.07) is 2.02. The van der Waals surface area contributed by atoms with Gasteiger partial charge in [-0.3, -0.25) is 0 Å². The molecule has 0 aliphatic carbocycles. The summed E-state index contributed by atoms with van der Waals surface area (Å²) in [4.78, 5) is 0. The van der Waals surface area contributed by atoms with Crippen molar-refractivity contribution in [2.75, 3.05) is 6.61 Å². The highest BCUT2D eigenvalue weighted by Crippen LogP contribution is 1.96. The van der Waals surface area contributed by atoms with Crippen molar-refractivity contribution in [1.82, 2.24) is 0 Å². The minimum atomic E-state index is -0.239. The van der Waals surface area contributed by atoms with Gasteiger partial charge in [0.05, 0.1) is 6.07 Å². The molecule has 0 saturated heterocycles. The maximum absolute atomic E-state index is 8.32. The fourth-order valence-corrected chi connectivity index (χ4v) is 0.649. The first-order chi connectivity index (χ1) is 4.81. The fraction of sp³-hybridized carbons (Fsp3) is 0.875. The van der Waals surface area contributed by atoms with Gasteiger partial charge in [-0.2, -0.15) is 5.26 Å². The lowest BCUT2D eigenvalue weighted by Gasteiger charge is -2.03. The Morgan fingerprint density at radius 1 is 1.50 bits per heavy atom. The molecule has 0 N–H and O–H groups in total. The third-order valence-corrected chi connectivity index (χ3v) is 1.30. The third kappa shape index (κ3) is 5.58.